The first-order valence-corrected chi connectivity index (χ1v) is 7.38. The summed E-state index contributed by atoms with van der Waals surface area (Å²) >= 11 is 5.77. The lowest BCUT2D eigenvalue weighted by Gasteiger charge is -2.03. The molecule has 0 aliphatic rings. The second kappa shape index (κ2) is 6.26. The number of furan rings is 1. The van der Waals surface area contributed by atoms with Crippen LogP contribution >= 0.6 is 11.6 Å². The van der Waals surface area contributed by atoms with E-state index in [-0.39, 0.29) is 18.2 Å². The molecule has 23 heavy (non-hydrogen) atoms. The standard InChI is InChI=1S/C18H13ClO4/c1-11-14-4-2-3-5-16(14)23-17(11)18(21)22-10-15(20)12-6-8-13(19)9-7-12/h2-9H,10H2,1H3. The van der Waals surface area contributed by atoms with E-state index in [1.807, 2.05) is 18.2 Å². The molecule has 5 heteroatoms. The highest BCUT2D eigenvalue weighted by molar-refractivity contribution is 6.30. The van der Waals surface area contributed by atoms with Gasteiger partial charge in [0.05, 0.1) is 0 Å². The van der Waals surface area contributed by atoms with Crippen LogP contribution in [0, 0.1) is 6.92 Å². The summed E-state index contributed by atoms with van der Waals surface area (Å²) in [5.74, 6) is -0.833. The van der Waals surface area contributed by atoms with Gasteiger partial charge in [0.1, 0.15) is 5.58 Å². The number of fused-ring (bicyclic) bond motifs is 1. The second-order valence-electron chi connectivity index (χ2n) is 5.06. The molecule has 1 aromatic heterocycles. The van der Waals surface area contributed by atoms with Gasteiger partial charge in [-0.3, -0.25) is 4.79 Å². The van der Waals surface area contributed by atoms with Gasteiger partial charge in [0.25, 0.3) is 0 Å². The first-order chi connectivity index (χ1) is 11.1. The van der Waals surface area contributed by atoms with E-state index in [4.69, 9.17) is 20.8 Å². The number of Topliss-reactive ketones (excluding diaryl/α,β-unsaturated/α-hetero) is 1. The number of rotatable bonds is 4. The van der Waals surface area contributed by atoms with Gasteiger partial charge in [-0.15, -0.1) is 0 Å². The highest BCUT2D eigenvalue weighted by Crippen LogP contribution is 2.25. The zero-order valence-corrected chi connectivity index (χ0v) is 13.1. The quantitative estimate of drug-likeness (QED) is 0.525. The summed E-state index contributed by atoms with van der Waals surface area (Å²) < 4.78 is 10.6. The summed E-state index contributed by atoms with van der Waals surface area (Å²) in [6, 6.07) is 13.7. The van der Waals surface area contributed by atoms with Gasteiger partial charge in [0, 0.05) is 21.5 Å². The maximum absolute atomic E-state index is 12.1. The molecule has 3 rings (SSSR count). The van der Waals surface area contributed by atoms with Crippen molar-refractivity contribution in [1.29, 1.82) is 0 Å². The summed E-state index contributed by atoms with van der Waals surface area (Å²) in [6.07, 6.45) is 0. The molecule has 0 unspecified atom stereocenters. The van der Waals surface area contributed by atoms with Crippen LogP contribution in [0.4, 0.5) is 0 Å². The molecule has 0 atom stereocenters. The molecule has 0 bridgehead atoms. The van der Waals surface area contributed by atoms with Gasteiger partial charge in [-0.05, 0) is 37.3 Å². The Labute approximate surface area is 137 Å². The Bertz CT molecular complexity index is 878. The van der Waals surface area contributed by atoms with Crippen LogP contribution in [0.5, 0.6) is 0 Å². The second-order valence-corrected chi connectivity index (χ2v) is 5.49. The van der Waals surface area contributed by atoms with Crippen molar-refractivity contribution < 1.29 is 18.7 Å². The summed E-state index contributed by atoms with van der Waals surface area (Å²) in [4.78, 5) is 24.1. The summed E-state index contributed by atoms with van der Waals surface area (Å²) in [5.41, 5.74) is 1.74. The number of aryl methyl sites for hydroxylation is 1. The van der Waals surface area contributed by atoms with Crippen molar-refractivity contribution in [1.82, 2.24) is 0 Å². The Balaban J connectivity index is 1.72. The van der Waals surface area contributed by atoms with E-state index in [0.29, 0.717) is 21.7 Å². The number of carbonyl (C=O) groups excluding carboxylic acids is 2. The molecule has 0 saturated carbocycles. The fourth-order valence-corrected chi connectivity index (χ4v) is 2.41. The smallest absolute Gasteiger partial charge is 0.375 e. The molecular weight excluding hydrogens is 316 g/mol. The van der Waals surface area contributed by atoms with Crippen LogP contribution in [0.2, 0.25) is 5.02 Å². The minimum atomic E-state index is -0.652. The molecule has 0 radical (unpaired) electrons. The molecule has 0 saturated heterocycles. The monoisotopic (exact) mass is 328 g/mol. The molecule has 0 fully saturated rings. The molecule has 4 nitrogen and oxygen atoms in total. The van der Waals surface area contributed by atoms with Crippen molar-refractivity contribution >= 4 is 34.3 Å². The number of ketones is 1. The van der Waals surface area contributed by atoms with Gasteiger partial charge in [-0.1, -0.05) is 29.8 Å². The predicted molar refractivity (Wildman–Crippen MR) is 87.0 cm³/mol. The first-order valence-electron chi connectivity index (χ1n) is 7.00. The van der Waals surface area contributed by atoms with Crippen LogP contribution in [0.15, 0.2) is 52.9 Å². The average Bonchev–Trinajstić information content (AvgIpc) is 2.90. The molecule has 3 aromatic rings. The van der Waals surface area contributed by atoms with Gasteiger partial charge < -0.3 is 9.15 Å². The van der Waals surface area contributed by atoms with E-state index < -0.39 is 5.97 Å². The normalized spacial score (nSPS) is 10.7. The van der Waals surface area contributed by atoms with Crippen LogP contribution in [0.1, 0.15) is 26.5 Å². The number of halogens is 1. The lowest BCUT2D eigenvalue weighted by Crippen LogP contribution is -2.14. The summed E-state index contributed by atoms with van der Waals surface area (Å²) in [5, 5.41) is 1.39. The Hall–Kier alpha value is -2.59. The van der Waals surface area contributed by atoms with Crippen molar-refractivity contribution in [2.45, 2.75) is 6.92 Å². The number of esters is 1. The highest BCUT2D eigenvalue weighted by Gasteiger charge is 2.20. The SMILES string of the molecule is Cc1c(C(=O)OCC(=O)c2ccc(Cl)cc2)oc2ccccc12. The minimum Gasteiger partial charge on any atom is -0.451 e. The number of benzene rings is 2. The summed E-state index contributed by atoms with van der Waals surface area (Å²) in [6.45, 7) is 1.43. The number of para-hydroxylation sites is 1. The van der Waals surface area contributed by atoms with E-state index in [0.717, 1.165) is 5.39 Å². The zero-order valence-electron chi connectivity index (χ0n) is 12.3. The van der Waals surface area contributed by atoms with Crippen molar-refractivity contribution in [2.24, 2.45) is 0 Å². The maximum atomic E-state index is 12.1. The molecule has 2 aromatic carbocycles. The lowest BCUT2D eigenvalue weighted by atomic mass is 10.1. The Morgan fingerprint density at radius 1 is 1.09 bits per heavy atom. The largest absolute Gasteiger partial charge is 0.451 e. The lowest BCUT2D eigenvalue weighted by molar-refractivity contribution is 0.0445. The first kappa shape index (κ1) is 15.3. The highest BCUT2D eigenvalue weighted by atomic mass is 35.5. The van der Waals surface area contributed by atoms with Crippen LogP contribution < -0.4 is 0 Å². The molecular formula is C18H13ClO4. The van der Waals surface area contributed by atoms with E-state index in [1.54, 1.807) is 37.3 Å². The summed E-state index contributed by atoms with van der Waals surface area (Å²) in [7, 11) is 0. The Kier molecular flexibility index (Phi) is 4.17. The van der Waals surface area contributed by atoms with E-state index in [2.05, 4.69) is 0 Å². The number of hydrogen-bond donors (Lipinski definition) is 0. The van der Waals surface area contributed by atoms with E-state index in [9.17, 15) is 9.59 Å². The topological polar surface area (TPSA) is 56.5 Å². The van der Waals surface area contributed by atoms with E-state index in [1.165, 1.54) is 0 Å². The van der Waals surface area contributed by atoms with Gasteiger partial charge in [-0.25, -0.2) is 4.79 Å². The molecule has 0 spiro atoms. The number of ether oxygens (including phenoxy) is 1. The van der Waals surface area contributed by atoms with E-state index >= 15 is 0 Å². The maximum Gasteiger partial charge on any atom is 0.375 e. The molecule has 0 aliphatic carbocycles. The predicted octanol–water partition coefficient (Wildman–Crippen LogP) is 4.43. The third-order valence-electron chi connectivity index (χ3n) is 3.53. The zero-order chi connectivity index (χ0) is 16.4. The number of hydrogen-bond acceptors (Lipinski definition) is 4. The van der Waals surface area contributed by atoms with Crippen molar-refractivity contribution in [3.8, 4) is 0 Å². The Morgan fingerprint density at radius 3 is 2.48 bits per heavy atom. The van der Waals surface area contributed by atoms with Crippen LogP contribution in [0.25, 0.3) is 11.0 Å². The minimum absolute atomic E-state index is 0.120. The third-order valence-corrected chi connectivity index (χ3v) is 3.78. The fourth-order valence-electron chi connectivity index (χ4n) is 2.28. The van der Waals surface area contributed by atoms with Crippen molar-refractivity contribution in [3.63, 3.8) is 0 Å². The van der Waals surface area contributed by atoms with Crippen LogP contribution in [-0.2, 0) is 4.74 Å². The van der Waals surface area contributed by atoms with Crippen molar-refractivity contribution in [2.75, 3.05) is 6.61 Å². The van der Waals surface area contributed by atoms with Crippen LogP contribution in [0.3, 0.4) is 0 Å². The van der Waals surface area contributed by atoms with Gasteiger partial charge in [-0.2, -0.15) is 0 Å². The molecule has 1 heterocycles. The third kappa shape index (κ3) is 3.12. The van der Waals surface area contributed by atoms with Crippen molar-refractivity contribution in [3.05, 3.63) is 70.4 Å². The average molecular weight is 329 g/mol. The fraction of sp³-hybridized carbons (Fsp3) is 0.111. The number of carbonyl (C=O) groups is 2. The Morgan fingerprint density at radius 2 is 1.78 bits per heavy atom. The molecule has 116 valence electrons. The van der Waals surface area contributed by atoms with Gasteiger partial charge in [0.15, 0.2) is 12.4 Å². The molecule has 0 N–H and O–H groups in total. The van der Waals surface area contributed by atoms with Gasteiger partial charge in [0.2, 0.25) is 5.76 Å². The van der Waals surface area contributed by atoms with Gasteiger partial charge >= 0.3 is 5.97 Å². The molecule has 0 aliphatic heterocycles. The van der Waals surface area contributed by atoms with Crippen LogP contribution in [-0.4, -0.2) is 18.4 Å². The molecule has 0 amide bonds.